The predicted molar refractivity (Wildman–Crippen MR) is 160 cm³/mol. The van der Waals surface area contributed by atoms with Crippen LogP contribution in [0.5, 0.6) is 11.5 Å². The lowest BCUT2D eigenvalue weighted by atomic mass is 9.98. The lowest BCUT2D eigenvalue weighted by molar-refractivity contribution is -0.189. The van der Waals surface area contributed by atoms with E-state index < -0.39 is 12.2 Å². The highest BCUT2D eigenvalue weighted by atomic mass is 16.5. The van der Waals surface area contributed by atoms with E-state index in [0.717, 1.165) is 34.4 Å². The van der Waals surface area contributed by atoms with Crippen LogP contribution in [-0.4, -0.2) is 81.2 Å². The van der Waals surface area contributed by atoms with Gasteiger partial charge in [0.05, 0.1) is 19.7 Å². The van der Waals surface area contributed by atoms with Crippen molar-refractivity contribution in [3.05, 3.63) is 108 Å². The van der Waals surface area contributed by atoms with Crippen LogP contribution in [0.3, 0.4) is 0 Å². The van der Waals surface area contributed by atoms with E-state index in [1.165, 1.54) is 0 Å². The number of nitrogens with one attached hydrogen (secondary N) is 1. The summed E-state index contributed by atoms with van der Waals surface area (Å²) in [6, 6.07) is 21.0. The summed E-state index contributed by atoms with van der Waals surface area (Å²) in [6.45, 7) is 5.38. The van der Waals surface area contributed by atoms with Crippen molar-refractivity contribution in [3.63, 3.8) is 0 Å². The van der Waals surface area contributed by atoms with Gasteiger partial charge in [0.1, 0.15) is 23.7 Å². The number of phenols is 1. The number of benzene rings is 3. The van der Waals surface area contributed by atoms with Crippen LogP contribution >= 0.6 is 0 Å². The molecular weight excluding hydrogens is 546 g/mol. The van der Waals surface area contributed by atoms with E-state index in [0.29, 0.717) is 13.2 Å². The van der Waals surface area contributed by atoms with Gasteiger partial charge >= 0.3 is 6.03 Å². The minimum absolute atomic E-state index is 0.0688. The number of amides is 4. The summed E-state index contributed by atoms with van der Waals surface area (Å²) >= 11 is 0. The molecule has 222 valence electrons. The first kappa shape index (κ1) is 28.3. The van der Waals surface area contributed by atoms with Crippen LogP contribution in [0.25, 0.3) is 0 Å². The van der Waals surface area contributed by atoms with Crippen molar-refractivity contribution >= 4 is 17.8 Å². The number of ether oxygens (including phenoxy) is 1. The van der Waals surface area contributed by atoms with Crippen molar-refractivity contribution in [2.24, 2.45) is 0 Å². The first-order valence-electron chi connectivity index (χ1n) is 14.5. The van der Waals surface area contributed by atoms with Gasteiger partial charge in [0, 0.05) is 38.0 Å². The summed E-state index contributed by atoms with van der Waals surface area (Å²) < 4.78 is 5.93. The van der Waals surface area contributed by atoms with Crippen molar-refractivity contribution in [3.8, 4) is 11.5 Å². The first-order chi connectivity index (χ1) is 20.9. The van der Waals surface area contributed by atoms with E-state index in [2.05, 4.69) is 11.9 Å². The molecule has 0 bridgehead atoms. The topological polar surface area (TPSA) is 106 Å². The van der Waals surface area contributed by atoms with E-state index >= 15 is 0 Å². The molecule has 10 nitrogen and oxygen atoms in total. The average Bonchev–Trinajstić information content (AvgIpc) is 3.50. The van der Waals surface area contributed by atoms with Crippen molar-refractivity contribution in [2.45, 2.75) is 38.1 Å². The third kappa shape index (κ3) is 5.78. The zero-order chi connectivity index (χ0) is 29.9. The molecule has 3 heterocycles. The molecule has 10 heteroatoms. The van der Waals surface area contributed by atoms with Gasteiger partial charge in [-0.1, -0.05) is 66.7 Å². The summed E-state index contributed by atoms with van der Waals surface area (Å²) in [5, 5.41) is 16.1. The highest BCUT2D eigenvalue weighted by molar-refractivity contribution is 5.91. The van der Waals surface area contributed by atoms with E-state index in [1.54, 1.807) is 50.2 Å². The Hall–Kier alpha value is -4.83. The molecule has 0 saturated carbocycles. The largest absolute Gasteiger partial charge is 0.508 e. The zero-order valence-electron chi connectivity index (χ0n) is 23.9. The molecule has 3 aromatic rings. The van der Waals surface area contributed by atoms with Gasteiger partial charge in [0.25, 0.3) is 0 Å². The van der Waals surface area contributed by atoms with Crippen LogP contribution in [0.2, 0.25) is 0 Å². The molecule has 3 aliphatic heterocycles. The third-order valence-electron chi connectivity index (χ3n) is 8.19. The quantitative estimate of drug-likeness (QED) is 0.397. The Labute approximate surface area is 250 Å². The molecule has 3 aromatic carbocycles. The van der Waals surface area contributed by atoms with Crippen molar-refractivity contribution in [1.29, 1.82) is 0 Å². The highest BCUT2D eigenvalue weighted by Crippen LogP contribution is 2.33. The van der Waals surface area contributed by atoms with Crippen LogP contribution in [0.4, 0.5) is 4.79 Å². The van der Waals surface area contributed by atoms with Gasteiger partial charge in [0.15, 0.2) is 0 Å². The summed E-state index contributed by atoms with van der Waals surface area (Å²) in [6.07, 6.45) is 1.97. The number of fused-ring (bicyclic) bond motifs is 2. The smallest absolute Gasteiger partial charge is 0.334 e. The maximum Gasteiger partial charge on any atom is 0.334 e. The second-order valence-corrected chi connectivity index (χ2v) is 11.0. The van der Waals surface area contributed by atoms with Gasteiger partial charge in [-0.25, -0.2) is 14.8 Å². The Morgan fingerprint density at radius 2 is 1.81 bits per heavy atom. The highest BCUT2D eigenvalue weighted by Gasteiger charge is 2.51. The maximum atomic E-state index is 14.2. The molecule has 2 atom stereocenters. The number of phenolic OH excluding ortho intramolecular Hbond substituents is 1. The number of hydrogen-bond acceptors (Lipinski definition) is 6. The van der Waals surface area contributed by atoms with Crippen molar-refractivity contribution in [1.82, 2.24) is 25.1 Å². The Morgan fingerprint density at radius 3 is 2.58 bits per heavy atom. The monoisotopic (exact) mass is 581 g/mol. The second-order valence-electron chi connectivity index (χ2n) is 11.0. The molecule has 0 aliphatic carbocycles. The normalized spacial score (nSPS) is 20.0. The number of carbonyl (C=O) groups is 3. The minimum atomic E-state index is -0.844. The zero-order valence-corrected chi connectivity index (χ0v) is 23.9. The molecule has 0 spiro atoms. The fraction of sp³-hybridized carbons (Fsp3) is 0.303. The number of hydrogen-bond donors (Lipinski definition) is 2. The number of para-hydroxylation sites is 1. The van der Waals surface area contributed by atoms with Crippen LogP contribution in [0.1, 0.15) is 22.3 Å². The van der Waals surface area contributed by atoms with Gasteiger partial charge in [-0.3, -0.25) is 9.59 Å². The maximum absolute atomic E-state index is 14.2. The number of rotatable bonds is 8. The molecule has 4 amide bonds. The molecule has 0 unspecified atom stereocenters. The summed E-state index contributed by atoms with van der Waals surface area (Å²) in [5.74, 6) is 0.486. The van der Waals surface area contributed by atoms with Crippen molar-refractivity contribution < 1.29 is 24.2 Å². The molecule has 43 heavy (non-hydrogen) atoms. The third-order valence-corrected chi connectivity index (χ3v) is 8.19. The number of carbonyl (C=O) groups excluding carboxylic acids is 3. The molecule has 0 radical (unpaired) electrons. The molecular formula is C33H35N5O5. The van der Waals surface area contributed by atoms with Crippen LogP contribution in [0, 0.1) is 0 Å². The Balaban J connectivity index is 1.35. The number of nitrogens with zero attached hydrogens (tertiary/aromatic N) is 4. The molecule has 0 aromatic heterocycles. The first-order valence-corrected chi connectivity index (χ1v) is 14.5. The van der Waals surface area contributed by atoms with Gasteiger partial charge in [-0.2, -0.15) is 0 Å². The lowest BCUT2D eigenvalue weighted by Gasteiger charge is -2.55. The second kappa shape index (κ2) is 12.2. The van der Waals surface area contributed by atoms with Crippen molar-refractivity contribution in [2.75, 3.05) is 26.2 Å². The molecule has 2 saturated heterocycles. The van der Waals surface area contributed by atoms with Crippen LogP contribution < -0.4 is 10.1 Å². The summed E-state index contributed by atoms with van der Waals surface area (Å²) in [4.78, 5) is 45.1. The number of piperazine rings is 1. The van der Waals surface area contributed by atoms with Crippen LogP contribution in [-0.2, 0) is 35.5 Å². The molecule has 6 rings (SSSR count). The Bertz CT molecular complexity index is 1510. The lowest BCUT2D eigenvalue weighted by Crippen LogP contribution is -2.76. The van der Waals surface area contributed by atoms with Gasteiger partial charge in [-0.05, 0) is 28.8 Å². The van der Waals surface area contributed by atoms with E-state index in [9.17, 15) is 19.5 Å². The Morgan fingerprint density at radius 1 is 1.02 bits per heavy atom. The number of urea groups is 1. The summed E-state index contributed by atoms with van der Waals surface area (Å²) in [5.41, 5.74) is 3.74. The average molecular weight is 582 g/mol. The van der Waals surface area contributed by atoms with Gasteiger partial charge in [0.2, 0.25) is 11.8 Å². The fourth-order valence-electron chi connectivity index (χ4n) is 6.17. The molecule has 2 fully saturated rings. The Kier molecular flexibility index (Phi) is 8.02. The standard InChI is InChI=1S/C33H35N5O5/c1-2-16-36-22-30(40)37-28(18-23-11-13-27(39)14-12-23)32(41)35(20-26-10-6-9-25-15-17-43-31(25)26)21-29(37)38(36)33(42)34-19-24-7-4-3-5-8-24/h2-14,28-29,39H,1,15-22H2,(H,34,42)/t28-,29-/m0/s1. The minimum Gasteiger partial charge on any atom is -0.508 e. The predicted octanol–water partition coefficient (Wildman–Crippen LogP) is 3.06. The van der Waals surface area contributed by atoms with E-state index in [1.807, 2.05) is 48.5 Å². The number of hydrazine groups is 1. The van der Waals surface area contributed by atoms with Gasteiger partial charge < -0.3 is 25.0 Å². The van der Waals surface area contributed by atoms with E-state index in [4.69, 9.17) is 4.74 Å². The summed E-state index contributed by atoms with van der Waals surface area (Å²) in [7, 11) is 0. The van der Waals surface area contributed by atoms with Crippen LogP contribution in [0.15, 0.2) is 85.5 Å². The molecule has 2 N–H and O–H groups in total. The fourth-order valence-corrected chi connectivity index (χ4v) is 6.17. The molecule has 3 aliphatic rings. The number of aromatic hydroxyl groups is 1. The van der Waals surface area contributed by atoms with Gasteiger partial charge in [-0.15, -0.1) is 6.58 Å². The van der Waals surface area contributed by atoms with E-state index in [-0.39, 0.29) is 56.2 Å². The SMILES string of the molecule is C=CCN1CC(=O)N2[C@@H](Cc3ccc(O)cc3)C(=O)N(Cc3cccc4c3OCC4)C[C@@H]2N1C(=O)NCc1ccccc1.